The molecule has 0 saturated carbocycles. The molecule has 2 N–H and O–H groups in total. The molecule has 6 heteroatoms. The molecule has 1 aliphatic carbocycles. The van der Waals surface area contributed by atoms with E-state index in [9.17, 15) is 18.3 Å². The van der Waals surface area contributed by atoms with Crippen LogP contribution in [0.25, 0.3) is 11.3 Å². The number of likely N-dealkylation sites (tertiary alicyclic amines) is 1. The topological polar surface area (TPSA) is 47.3 Å². The highest BCUT2D eigenvalue weighted by Gasteiger charge is 2.54. The van der Waals surface area contributed by atoms with Crippen LogP contribution in [0.5, 0.6) is 0 Å². The molecule has 3 nitrogen and oxygen atoms in total. The van der Waals surface area contributed by atoms with Gasteiger partial charge in [-0.2, -0.15) is 13.2 Å². The second-order valence-electron chi connectivity index (χ2n) is 11.6. The van der Waals surface area contributed by atoms with Gasteiger partial charge in [0.15, 0.2) is 0 Å². The predicted molar refractivity (Wildman–Crippen MR) is 120 cm³/mol. The average Bonchev–Trinajstić information content (AvgIpc) is 2.57. The lowest BCUT2D eigenvalue weighted by molar-refractivity contribution is -0.206. The van der Waals surface area contributed by atoms with Crippen LogP contribution >= 0.6 is 0 Å². The van der Waals surface area contributed by atoms with Crippen molar-refractivity contribution in [3.63, 3.8) is 0 Å². The highest BCUT2D eigenvalue weighted by molar-refractivity contribution is 5.77. The van der Waals surface area contributed by atoms with E-state index in [4.69, 9.17) is 5.73 Å². The molecule has 0 unspecified atom stereocenters. The first-order chi connectivity index (χ1) is 13.9. The zero-order valence-electron chi connectivity index (χ0n) is 19.6. The van der Waals surface area contributed by atoms with Crippen LogP contribution in [0.2, 0.25) is 0 Å². The van der Waals surface area contributed by atoms with Gasteiger partial charge in [-0.05, 0) is 88.0 Å². The van der Waals surface area contributed by atoms with Crippen LogP contribution in [0.1, 0.15) is 84.8 Å². The van der Waals surface area contributed by atoms with Gasteiger partial charge < -0.3 is 10.8 Å². The van der Waals surface area contributed by atoms with Crippen LogP contribution in [0, 0.1) is 5.41 Å². The summed E-state index contributed by atoms with van der Waals surface area (Å²) in [6.45, 7) is 10.6. The van der Waals surface area contributed by atoms with Gasteiger partial charge in [-0.15, -0.1) is 5.69 Å². The van der Waals surface area contributed by atoms with Crippen LogP contribution in [0.3, 0.4) is 0 Å². The Labute approximate surface area is 184 Å². The maximum atomic E-state index is 13.3. The molecular formula is C25H36F3N2O-. The Balaban J connectivity index is 1.97. The Hall–Kier alpha value is -1.53. The molecule has 0 amide bonds. The summed E-state index contributed by atoms with van der Waals surface area (Å²) in [4.78, 5) is 1.47. The van der Waals surface area contributed by atoms with Crippen LogP contribution in [0.15, 0.2) is 24.3 Å². The lowest BCUT2D eigenvalue weighted by atomic mass is 9.67. The molecule has 0 bridgehead atoms. The van der Waals surface area contributed by atoms with E-state index < -0.39 is 29.4 Å². The second-order valence-corrected chi connectivity index (χ2v) is 11.6. The minimum absolute atomic E-state index is 0.197. The average molecular weight is 438 g/mol. The fraction of sp³-hybridized carbons (Fsp3) is 0.680. The van der Waals surface area contributed by atoms with Gasteiger partial charge in [-0.1, -0.05) is 32.1 Å². The highest BCUT2D eigenvalue weighted by atomic mass is 19.4. The summed E-state index contributed by atoms with van der Waals surface area (Å²) in [5, 5.41) is 11.7. The molecule has 0 radical (unpaired) electrons. The third-order valence-corrected chi connectivity index (χ3v) is 7.12. The van der Waals surface area contributed by atoms with E-state index in [0.717, 1.165) is 30.4 Å². The van der Waals surface area contributed by atoms with Crippen LogP contribution in [0.4, 0.5) is 18.9 Å². The fourth-order valence-corrected chi connectivity index (χ4v) is 5.74. The SMILES string of the molecule is CC1(C)CC=C(c2cc(C3(O)CC(C)(C)N(CC(F)(F)F)C(C)(C)C3)ccc2[NH-])CC1. The molecule has 0 spiro atoms. The number of aliphatic hydroxyl groups is 1. The maximum absolute atomic E-state index is 13.3. The zero-order valence-corrected chi connectivity index (χ0v) is 19.6. The molecule has 1 fully saturated rings. The molecule has 2 aliphatic rings. The van der Waals surface area contributed by atoms with E-state index in [1.807, 2.05) is 6.07 Å². The summed E-state index contributed by atoms with van der Waals surface area (Å²) in [5.41, 5.74) is 8.78. The molecular weight excluding hydrogens is 401 g/mol. The summed E-state index contributed by atoms with van der Waals surface area (Å²) in [5.74, 6) is 0. The zero-order chi connectivity index (χ0) is 23.5. The van der Waals surface area contributed by atoms with Gasteiger partial charge in [0.1, 0.15) is 0 Å². The number of alkyl halides is 3. The Morgan fingerprint density at radius 1 is 1.03 bits per heavy atom. The molecule has 1 aliphatic heterocycles. The molecule has 1 aromatic carbocycles. The van der Waals surface area contributed by atoms with Crippen molar-refractivity contribution in [2.45, 2.75) is 96.5 Å². The summed E-state index contributed by atoms with van der Waals surface area (Å²) in [6, 6.07) is 5.38. The quantitative estimate of drug-likeness (QED) is 0.537. The molecule has 0 atom stereocenters. The van der Waals surface area contributed by atoms with Crippen LogP contribution in [-0.2, 0) is 5.60 Å². The van der Waals surface area contributed by atoms with Crippen molar-refractivity contribution in [2.75, 3.05) is 6.54 Å². The Bertz CT molecular complexity index is 850. The smallest absolute Gasteiger partial charge is 0.401 e. The highest BCUT2D eigenvalue weighted by Crippen LogP contribution is 2.50. The third kappa shape index (κ3) is 5.11. The lowest BCUT2D eigenvalue weighted by Crippen LogP contribution is -2.66. The Morgan fingerprint density at radius 3 is 2.10 bits per heavy atom. The van der Waals surface area contributed by atoms with E-state index in [2.05, 4.69) is 19.9 Å². The van der Waals surface area contributed by atoms with Crippen molar-refractivity contribution in [1.82, 2.24) is 4.90 Å². The largest absolute Gasteiger partial charge is 0.698 e. The van der Waals surface area contributed by atoms with Gasteiger partial charge >= 0.3 is 6.18 Å². The van der Waals surface area contributed by atoms with Crippen molar-refractivity contribution in [2.24, 2.45) is 5.41 Å². The number of piperidine rings is 1. The third-order valence-electron chi connectivity index (χ3n) is 7.12. The molecule has 31 heavy (non-hydrogen) atoms. The fourth-order valence-electron chi connectivity index (χ4n) is 5.74. The normalized spacial score (nSPS) is 25.2. The monoisotopic (exact) mass is 437 g/mol. The van der Waals surface area contributed by atoms with Gasteiger partial charge in [0, 0.05) is 11.1 Å². The van der Waals surface area contributed by atoms with Gasteiger partial charge in [0.05, 0.1) is 12.1 Å². The van der Waals surface area contributed by atoms with Crippen molar-refractivity contribution >= 4 is 11.3 Å². The van der Waals surface area contributed by atoms with Gasteiger partial charge in [0.2, 0.25) is 0 Å². The van der Waals surface area contributed by atoms with E-state index >= 15 is 0 Å². The summed E-state index contributed by atoms with van der Waals surface area (Å²) >= 11 is 0. The lowest BCUT2D eigenvalue weighted by Gasteiger charge is -2.58. The first-order valence-electron chi connectivity index (χ1n) is 11.1. The maximum Gasteiger partial charge on any atom is 0.401 e. The van der Waals surface area contributed by atoms with Crippen LogP contribution < -0.4 is 0 Å². The van der Waals surface area contributed by atoms with E-state index in [1.165, 1.54) is 4.90 Å². The van der Waals surface area contributed by atoms with E-state index in [0.29, 0.717) is 11.3 Å². The number of hydrogen-bond acceptors (Lipinski definition) is 2. The molecule has 1 saturated heterocycles. The first-order valence-corrected chi connectivity index (χ1v) is 11.1. The van der Waals surface area contributed by atoms with Gasteiger partial charge in [-0.3, -0.25) is 4.90 Å². The molecule has 0 aromatic heterocycles. The van der Waals surface area contributed by atoms with Gasteiger partial charge in [-0.25, -0.2) is 0 Å². The molecule has 1 aromatic rings. The molecule has 3 rings (SSSR count). The second kappa shape index (κ2) is 7.51. The van der Waals surface area contributed by atoms with Crippen molar-refractivity contribution in [3.05, 3.63) is 41.1 Å². The number of rotatable bonds is 3. The van der Waals surface area contributed by atoms with Gasteiger partial charge in [0.25, 0.3) is 0 Å². The number of benzene rings is 1. The molecule has 174 valence electrons. The number of allylic oxidation sites excluding steroid dienone is 2. The summed E-state index contributed by atoms with van der Waals surface area (Å²) < 4.78 is 39.8. The summed E-state index contributed by atoms with van der Waals surface area (Å²) in [7, 11) is 0. The first kappa shape index (κ1) is 24.1. The minimum atomic E-state index is -4.30. The minimum Gasteiger partial charge on any atom is -0.698 e. The van der Waals surface area contributed by atoms with Crippen molar-refractivity contribution in [3.8, 4) is 0 Å². The Morgan fingerprint density at radius 2 is 1.61 bits per heavy atom. The van der Waals surface area contributed by atoms with Crippen molar-refractivity contribution in [1.29, 1.82) is 0 Å². The summed E-state index contributed by atoms with van der Waals surface area (Å²) in [6.07, 6.45) is 1.17. The Kier molecular flexibility index (Phi) is 5.85. The number of halogens is 3. The number of nitrogens with zero attached hydrogens (tertiary/aromatic N) is 1. The standard InChI is InChI=1S/C25H36F3N2O/c1-21(2)11-9-17(10-12-21)19-13-18(7-8-20(19)29)24(31)14-22(3,4)30(16-25(26,27)28)23(5,6)15-24/h7-9,13,29,31H,10-12,14-16H2,1-6H3/q-1. The number of nitrogens with one attached hydrogen (secondary N) is 1. The molecule has 1 heterocycles. The van der Waals surface area contributed by atoms with E-state index in [1.54, 1.807) is 39.8 Å². The predicted octanol–water partition coefficient (Wildman–Crippen LogP) is 7.37. The van der Waals surface area contributed by atoms with E-state index in [-0.39, 0.29) is 18.3 Å². The number of hydrogen-bond donors (Lipinski definition) is 1. The van der Waals surface area contributed by atoms with Crippen LogP contribution in [-0.4, -0.2) is 33.8 Å². The van der Waals surface area contributed by atoms with Crippen molar-refractivity contribution < 1.29 is 18.3 Å².